The first kappa shape index (κ1) is 15.7. The lowest BCUT2D eigenvalue weighted by Crippen LogP contribution is -2.24. The van der Waals surface area contributed by atoms with E-state index < -0.39 is 0 Å². The molecule has 3 heterocycles. The fourth-order valence-electron chi connectivity index (χ4n) is 2.82. The minimum absolute atomic E-state index is 0.0490. The zero-order valence-corrected chi connectivity index (χ0v) is 14.6. The molecule has 0 saturated heterocycles. The van der Waals surface area contributed by atoms with Crippen LogP contribution in [0.25, 0.3) is 21.1 Å². The quantitative estimate of drug-likeness (QED) is 0.604. The maximum Gasteiger partial charge on any atom is 0.261 e. The third-order valence-corrected chi connectivity index (χ3v) is 5.15. The number of nitrogens with one attached hydrogen (secondary N) is 1. The van der Waals surface area contributed by atoms with Gasteiger partial charge >= 0.3 is 0 Å². The number of fused-ring (bicyclic) bond motifs is 2. The SMILES string of the molecule is Cc1ccc2nc3sc(C(=O)NCCc4cccnc4)cc3cc2c1. The minimum atomic E-state index is -0.0490. The number of nitrogens with zero attached hydrogens (tertiary/aromatic N) is 2. The van der Waals surface area contributed by atoms with Crippen LogP contribution in [0.5, 0.6) is 0 Å². The molecule has 4 aromatic rings. The van der Waals surface area contributed by atoms with Crippen LogP contribution < -0.4 is 5.32 Å². The molecule has 4 rings (SSSR count). The molecule has 0 aliphatic carbocycles. The summed E-state index contributed by atoms with van der Waals surface area (Å²) in [6.07, 6.45) is 4.34. The molecule has 0 spiro atoms. The molecule has 1 amide bonds. The van der Waals surface area contributed by atoms with E-state index in [1.807, 2.05) is 30.5 Å². The van der Waals surface area contributed by atoms with Crippen LogP contribution in [-0.4, -0.2) is 22.4 Å². The molecule has 0 atom stereocenters. The molecule has 25 heavy (non-hydrogen) atoms. The van der Waals surface area contributed by atoms with Crippen molar-refractivity contribution in [2.45, 2.75) is 13.3 Å². The van der Waals surface area contributed by atoms with Crippen LogP contribution in [0.1, 0.15) is 20.8 Å². The highest BCUT2D eigenvalue weighted by Gasteiger charge is 2.11. The lowest BCUT2D eigenvalue weighted by atomic mass is 10.1. The van der Waals surface area contributed by atoms with Crippen LogP contribution in [0.4, 0.5) is 0 Å². The van der Waals surface area contributed by atoms with Gasteiger partial charge in [-0.3, -0.25) is 9.78 Å². The Morgan fingerprint density at radius 3 is 2.92 bits per heavy atom. The highest BCUT2D eigenvalue weighted by molar-refractivity contribution is 7.20. The second kappa shape index (κ2) is 6.61. The van der Waals surface area contributed by atoms with E-state index in [4.69, 9.17) is 0 Å². The smallest absolute Gasteiger partial charge is 0.261 e. The molecule has 1 aromatic carbocycles. The Labute approximate surface area is 149 Å². The monoisotopic (exact) mass is 347 g/mol. The number of aromatic nitrogens is 2. The molecule has 0 radical (unpaired) electrons. The number of pyridine rings is 2. The van der Waals surface area contributed by atoms with Gasteiger partial charge in [-0.1, -0.05) is 17.7 Å². The van der Waals surface area contributed by atoms with Crippen molar-refractivity contribution in [3.63, 3.8) is 0 Å². The molecule has 0 saturated carbocycles. The number of rotatable bonds is 4. The zero-order valence-electron chi connectivity index (χ0n) is 13.8. The number of carbonyl (C=O) groups is 1. The van der Waals surface area contributed by atoms with E-state index in [-0.39, 0.29) is 5.91 Å². The van der Waals surface area contributed by atoms with E-state index in [9.17, 15) is 4.79 Å². The van der Waals surface area contributed by atoms with Gasteiger partial charge in [-0.25, -0.2) is 4.98 Å². The van der Waals surface area contributed by atoms with Crippen LogP contribution >= 0.6 is 11.3 Å². The van der Waals surface area contributed by atoms with Crippen LogP contribution in [0.2, 0.25) is 0 Å². The Bertz CT molecular complexity index is 1060. The Kier molecular flexibility index (Phi) is 4.15. The summed E-state index contributed by atoms with van der Waals surface area (Å²) in [6.45, 7) is 2.66. The molecule has 0 unspecified atom stereocenters. The summed E-state index contributed by atoms with van der Waals surface area (Å²) < 4.78 is 0. The normalized spacial score (nSPS) is 11.1. The maximum absolute atomic E-state index is 12.4. The number of carbonyl (C=O) groups excluding carboxylic acids is 1. The van der Waals surface area contributed by atoms with Crippen LogP contribution in [0, 0.1) is 6.92 Å². The molecule has 0 aliphatic rings. The van der Waals surface area contributed by atoms with Crippen LogP contribution in [0.15, 0.2) is 54.9 Å². The minimum Gasteiger partial charge on any atom is -0.351 e. The fraction of sp³-hybridized carbons (Fsp3) is 0.150. The Morgan fingerprint density at radius 1 is 1.16 bits per heavy atom. The zero-order chi connectivity index (χ0) is 17.2. The lowest BCUT2D eigenvalue weighted by Gasteiger charge is -2.03. The molecular weight excluding hydrogens is 330 g/mol. The molecule has 1 N–H and O–H groups in total. The van der Waals surface area contributed by atoms with Gasteiger partial charge in [0.15, 0.2) is 0 Å². The topological polar surface area (TPSA) is 54.9 Å². The summed E-state index contributed by atoms with van der Waals surface area (Å²) in [5.41, 5.74) is 3.28. The Balaban J connectivity index is 1.52. The molecule has 3 aromatic heterocycles. The first-order valence-electron chi connectivity index (χ1n) is 8.17. The Morgan fingerprint density at radius 2 is 2.08 bits per heavy atom. The van der Waals surface area contributed by atoms with E-state index >= 15 is 0 Å². The number of hydrogen-bond acceptors (Lipinski definition) is 4. The van der Waals surface area contributed by atoms with Crippen molar-refractivity contribution in [3.05, 3.63) is 70.9 Å². The predicted molar refractivity (Wildman–Crippen MR) is 102 cm³/mol. The van der Waals surface area contributed by atoms with Gasteiger partial charge in [0.2, 0.25) is 0 Å². The van der Waals surface area contributed by atoms with Crippen molar-refractivity contribution in [1.82, 2.24) is 15.3 Å². The van der Waals surface area contributed by atoms with Crippen molar-refractivity contribution in [1.29, 1.82) is 0 Å². The number of benzene rings is 1. The van der Waals surface area contributed by atoms with Crippen molar-refractivity contribution in [3.8, 4) is 0 Å². The average Bonchev–Trinajstić information content (AvgIpc) is 3.03. The second-order valence-electron chi connectivity index (χ2n) is 6.06. The molecule has 0 fully saturated rings. The third-order valence-electron chi connectivity index (χ3n) is 4.10. The van der Waals surface area contributed by atoms with Crippen LogP contribution in [0.3, 0.4) is 0 Å². The van der Waals surface area contributed by atoms with Crippen molar-refractivity contribution < 1.29 is 4.79 Å². The second-order valence-corrected chi connectivity index (χ2v) is 7.09. The number of amides is 1. The maximum atomic E-state index is 12.4. The summed E-state index contributed by atoms with van der Waals surface area (Å²) >= 11 is 1.44. The number of aryl methyl sites for hydroxylation is 1. The molecule has 0 bridgehead atoms. The number of thiophene rings is 1. The lowest BCUT2D eigenvalue weighted by molar-refractivity contribution is 0.0958. The molecule has 0 aliphatic heterocycles. The highest BCUT2D eigenvalue weighted by Crippen LogP contribution is 2.27. The standard InChI is InChI=1S/C20H17N3OS/c1-13-4-5-17-15(9-13)10-16-11-18(25-20(16)23-17)19(24)22-8-6-14-3-2-7-21-12-14/h2-5,7,9-12H,6,8H2,1H3,(H,22,24). The van der Waals surface area contributed by atoms with E-state index in [1.54, 1.807) is 6.20 Å². The largest absolute Gasteiger partial charge is 0.351 e. The van der Waals surface area contributed by atoms with Gasteiger partial charge in [0, 0.05) is 29.7 Å². The van der Waals surface area contributed by atoms with Gasteiger partial charge in [0.05, 0.1) is 10.4 Å². The van der Waals surface area contributed by atoms with Crippen molar-refractivity contribution in [2.75, 3.05) is 6.54 Å². The summed E-state index contributed by atoms with van der Waals surface area (Å²) in [7, 11) is 0. The molecular formula is C20H17N3OS. The van der Waals surface area contributed by atoms with Crippen LogP contribution in [-0.2, 0) is 6.42 Å². The average molecular weight is 347 g/mol. The third kappa shape index (κ3) is 3.37. The fourth-order valence-corrected chi connectivity index (χ4v) is 3.76. The number of hydrogen-bond donors (Lipinski definition) is 1. The van der Waals surface area contributed by atoms with E-state index in [2.05, 4.69) is 40.4 Å². The van der Waals surface area contributed by atoms with Crippen molar-refractivity contribution in [2.24, 2.45) is 0 Å². The Hall–Kier alpha value is -2.79. The van der Waals surface area contributed by atoms with E-state index in [0.717, 1.165) is 33.1 Å². The summed E-state index contributed by atoms with van der Waals surface area (Å²) in [5.74, 6) is -0.0490. The van der Waals surface area contributed by atoms with Gasteiger partial charge in [-0.05, 0) is 49.2 Å². The van der Waals surface area contributed by atoms with E-state index in [1.165, 1.54) is 16.9 Å². The molecule has 5 heteroatoms. The van der Waals surface area contributed by atoms with Gasteiger partial charge in [-0.2, -0.15) is 0 Å². The van der Waals surface area contributed by atoms with E-state index in [0.29, 0.717) is 11.4 Å². The first-order chi connectivity index (χ1) is 12.2. The van der Waals surface area contributed by atoms with Gasteiger partial charge in [0.25, 0.3) is 5.91 Å². The predicted octanol–water partition coefficient (Wildman–Crippen LogP) is 4.13. The summed E-state index contributed by atoms with van der Waals surface area (Å²) in [6, 6.07) is 14.1. The van der Waals surface area contributed by atoms with Gasteiger partial charge in [-0.15, -0.1) is 11.3 Å². The molecule has 4 nitrogen and oxygen atoms in total. The summed E-state index contributed by atoms with van der Waals surface area (Å²) in [4.78, 5) is 22.8. The van der Waals surface area contributed by atoms with Gasteiger partial charge in [0.1, 0.15) is 4.83 Å². The first-order valence-corrected chi connectivity index (χ1v) is 8.99. The molecule has 124 valence electrons. The van der Waals surface area contributed by atoms with Gasteiger partial charge < -0.3 is 5.32 Å². The summed E-state index contributed by atoms with van der Waals surface area (Å²) in [5, 5.41) is 5.09. The van der Waals surface area contributed by atoms with Crippen molar-refractivity contribution >= 4 is 38.4 Å². The highest BCUT2D eigenvalue weighted by atomic mass is 32.1.